The highest BCUT2D eigenvalue weighted by atomic mass is 16.1. The number of benzene rings is 1. The molecule has 78 valence electrons. The number of rotatable bonds is 3. The summed E-state index contributed by atoms with van der Waals surface area (Å²) in [5, 5.41) is 8.94. The number of aromatic nitrogens is 1. The standard InChI is InChI=1S/C13H10N2O/c14-8-11-4-1-2-5-12(11)9-15-7-3-6-13(15)10-16/h1-7,10H,9H2. The van der Waals surface area contributed by atoms with E-state index in [-0.39, 0.29) is 0 Å². The molecule has 0 unspecified atom stereocenters. The average molecular weight is 210 g/mol. The largest absolute Gasteiger partial charge is 0.341 e. The van der Waals surface area contributed by atoms with Crippen molar-refractivity contribution < 1.29 is 4.79 Å². The third-order valence-corrected chi connectivity index (χ3v) is 2.46. The Kier molecular flexibility index (Phi) is 2.84. The normalized spacial score (nSPS) is 9.69. The Balaban J connectivity index is 2.34. The van der Waals surface area contributed by atoms with Gasteiger partial charge < -0.3 is 4.57 Å². The van der Waals surface area contributed by atoms with Crippen LogP contribution in [0.5, 0.6) is 0 Å². The lowest BCUT2D eigenvalue weighted by molar-refractivity contribution is 0.111. The van der Waals surface area contributed by atoms with E-state index in [4.69, 9.17) is 5.26 Å². The minimum atomic E-state index is 0.546. The van der Waals surface area contributed by atoms with Crippen LogP contribution in [0, 0.1) is 11.3 Å². The van der Waals surface area contributed by atoms with Crippen molar-refractivity contribution in [1.29, 1.82) is 5.26 Å². The summed E-state index contributed by atoms with van der Waals surface area (Å²) in [6.07, 6.45) is 2.65. The molecule has 0 spiro atoms. The molecule has 0 saturated heterocycles. The number of carbonyl (C=O) groups is 1. The fourth-order valence-corrected chi connectivity index (χ4v) is 1.63. The second-order valence-corrected chi connectivity index (χ2v) is 3.45. The summed E-state index contributed by atoms with van der Waals surface area (Å²) in [5.41, 5.74) is 2.19. The van der Waals surface area contributed by atoms with E-state index >= 15 is 0 Å². The number of aldehydes is 1. The molecule has 0 aliphatic heterocycles. The van der Waals surface area contributed by atoms with E-state index in [0.717, 1.165) is 11.8 Å². The van der Waals surface area contributed by atoms with E-state index in [9.17, 15) is 4.79 Å². The fraction of sp³-hybridized carbons (Fsp3) is 0.0769. The number of nitrogens with zero attached hydrogens (tertiary/aromatic N) is 2. The van der Waals surface area contributed by atoms with Crippen LogP contribution in [0.3, 0.4) is 0 Å². The summed E-state index contributed by atoms with van der Waals surface area (Å²) in [6, 6.07) is 13.1. The molecule has 0 N–H and O–H groups in total. The monoisotopic (exact) mass is 210 g/mol. The number of hydrogen-bond acceptors (Lipinski definition) is 2. The summed E-state index contributed by atoms with van der Waals surface area (Å²) >= 11 is 0. The van der Waals surface area contributed by atoms with E-state index in [1.165, 1.54) is 0 Å². The van der Waals surface area contributed by atoms with Gasteiger partial charge in [0.15, 0.2) is 6.29 Å². The summed E-state index contributed by atoms with van der Waals surface area (Å²) < 4.78 is 1.82. The Morgan fingerprint density at radius 3 is 2.81 bits per heavy atom. The molecule has 0 aliphatic rings. The van der Waals surface area contributed by atoms with Gasteiger partial charge in [0.2, 0.25) is 0 Å². The van der Waals surface area contributed by atoms with E-state index in [2.05, 4.69) is 6.07 Å². The van der Waals surface area contributed by atoms with Crippen LogP contribution in [-0.4, -0.2) is 10.9 Å². The third-order valence-electron chi connectivity index (χ3n) is 2.46. The predicted molar refractivity (Wildman–Crippen MR) is 60.1 cm³/mol. The quantitative estimate of drug-likeness (QED) is 0.729. The van der Waals surface area contributed by atoms with Crippen molar-refractivity contribution in [1.82, 2.24) is 4.57 Å². The lowest BCUT2D eigenvalue weighted by Crippen LogP contribution is -2.03. The van der Waals surface area contributed by atoms with Crippen LogP contribution in [0.15, 0.2) is 42.6 Å². The van der Waals surface area contributed by atoms with Gasteiger partial charge in [0.25, 0.3) is 0 Å². The van der Waals surface area contributed by atoms with Gasteiger partial charge in [0.05, 0.1) is 17.3 Å². The van der Waals surface area contributed by atoms with Crippen LogP contribution < -0.4 is 0 Å². The van der Waals surface area contributed by atoms with Crippen molar-refractivity contribution in [3.63, 3.8) is 0 Å². The summed E-state index contributed by atoms with van der Waals surface area (Å²) in [6.45, 7) is 0.546. The SMILES string of the molecule is N#Cc1ccccc1Cn1cccc1C=O. The molecule has 0 radical (unpaired) electrons. The van der Waals surface area contributed by atoms with Crippen LogP contribution >= 0.6 is 0 Å². The zero-order valence-corrected chi connectivity index (χ0v) is 8.63. The molecular formula is C13H10N2O. The number of carbonyl (C=O) groups excluding carboxylic acids is 1. The second kappa shape index (κ2) is 4.45. The van der Waals surface area contributed by atoms with Gasteiger partial charge in [0.1, 0.15) is 0 Å². The Bertz CT molecular complexity index is 549. The topological polar surface area (TPSA) is 45.8 Å². The molecule has 2 rings (SSSR count). The molecule has 1 aromatic heterocycles. The highest BCUT2D eigenvalue weighted by Gasteiger charge is 2.04. The van der Waals surface area contributed by atoms with E-state index < -0.39 is 0 Å². The van der Waals surface area contributed by atoms with Crippen molar-refractivity contribution >= 4 is 6.29 Å². The highest BCUT2D eigenvalue weighted by molar-refractivity contribution is 5.72. The van der Waals surface area contributed by atoms with Gasteiger partial charge in [-0.3, -0.25) is 4.79 Å². The zero-order chi connectivity index (χ0) is 11.4. The molecule has 0 atom stereocenters. The van der Waals surface area contributed by atoms with Crippen molar-refractivity contribution in [2.75, 3.05) is 0 Å². The molecule has 0 aliphatic carbocycles. The first-order valence-corrected chi connectivity index (χ1v) is 4.93. The predicted octanol–water partition coefficient (Wildman–Crippen LogP) is 2.22. The maximum atomic E-state index is 10.7. The van der Waals surface area contributed by atoms with Crippen molar-refractivity contribution in [2.45, 2.75) is 6.54 Å². The van der Waals surface area contributed by atoms with Crippen molar-refractivity contribution in [3.05, 3.63) is 59.4 Å². The van der Waals surface area contributed by atoms with Gasteiger partial charge in [-0.15, -0.1) is 0 Å². The first-order valence-electron chi connectivity index (χ1n) is 4.93. The first kappa shape index (κ1) is 10.2. The van der Waals surface area contributed by atoms with E-state index in [0.29, 0.717) is 17.8 Å². The van der Waals surface area contributed by atoms with Crippen LogP contribution in [0.1, 0.15) is 21.6 Å². The van der Waals surface area contributed by atoms with Crippen LogP contribution in [0.25, 0.3) is 0 Å². The number of nitriles is 1. The average Bonchev–Trinajstić information content (AvgIpc) is 2.77. The Hall–Kier alpha value is -2.34. The molecule has 0 bridgehead atoms. The molecule has 1 heterocycles. The number of hydrogen-bond donors (Lipinski definition) is 0. The van der Waals surface area contributed by atoms with Gasteiger partial charge in [-0.1, -0.05) is 18.2 Å². The third kappa shape index (κ3) is 1.86. The Morgan fingerprint density at radius 1 is 1.25 bits per heavy atom. The van der Waals surface area contributed by atoms with Crippen LogP contribution in [0.2, 0.25) is 0 Å². The van der Waals surface area contributed by atoms with Crippen molar-refractivity contribution in [3.8, 4) is 6.07 Å². The van der Waals surface area contributed by atoms with Crippen LogP contribution in [0.4, 0.5) is 0 Å². The Labute approximate surface area is 93.6 Å². The molecule has 0 fully saturated rings. The van der Waals surface area contributed by atoms with E-state index in [1.807, 2.05) is 35.0 Å². The van der Waals surface area contributed by atoms with Crippen molar-refractivity contribution in [2.24, 2.45) is 0 Å². The van der Waals surface area contributed by atoms with Crippen LogP contribution in [-0.2, 0) is 6.54 Å². The molecule has 0 saturated carbocycles. The summed E-state index contributed by atoms with van der Waals surface area (Å²) in [7, 11) is 0. The minimum absolute atomic E-state index is 0.546. The molecule has 2 aromatic rings. The lowest BCUT2D eigenvalue weighted by Gasteiger charge is -2.06. The molecule has 16 heavy (non-hydrogen) atoms. The minimum Gasteiger partial charge on any atom is -0.341 e. The Morgan fingerprint density at radius 2 is 2.06 bits per heavy atom. The maximum Gasteiger partial charge on any atom is 0.166 e. The van der Waals surface area contributed by atoms with Gasteiger partial charge >= 0.3 is 0 Å². The fourth-order valence-electron chi connectivity index (χ4n) is 1.63. The highest BCUT2D eigenvalue weighted by Crippen LogP contribution is 2.11. The summed E-state index contributed by atoms with van der Waals surface area (Å²) in [4.78, 5) is 10.7. The molecule has 3 heteroatoms. The zero-order valence-electron chi connectivity index (χ0n) is 8.63. The molecule has 0 amide bonds. The molecule has 1 aromatic carbocycles. The lowest BCUT2D eigenvalue weighted by atomic mass is 10.1. The smallest absolute Gasteiger partial charge is 0.166 e. The van der Waals surface area contributed by atoms with Gasteiger partial charge in [-0.2, -0.15) is 5.26 Å². The van der Waals surface area contributed by atoms with Gasteiger partial charge in [-0.05, 0) is 23.8 Å². The summed E-state index contributed by atoms with van der Waals surface area (Å²) in [5.74, 6) is 0. The molecule has 3 nitrogen and oxygen atoms in total. The second-order valence-electron chi connectivity index (χ2n) is 3.45. The van der Waals surface area contributed by atoms with Gasteiger partial charge in [-0.25, -0.2) is 0 Å². The molecular weight excluding hydrogens is 200 g/mol. The first-order chi connectivity index (χ1) is 7.85. The maximum absolute atomic E-state index is 10.7. The van der Waals surface area contributed by atoms with Gasteiger partial charge in [0, 0.05) is 12.7 Å². The van der Waals surface area contributed by atoms with E-state index in [1.54, 1.807) is 12.1 Å².